The summed E-state index contributed by atoms with van der Waals surface area (Å²) in [5, 5.41) is 2.72. The van der Waals surface area contributed by atoms with Crippen LogP contribution in [0.3, 0.4) is 0 Å². The summed E-state index contributed by atoms with van der Waals surface area (Å²) < 4.78 is 5.97. The normalized spacial score (nSPS) is 18.7. The number of hydrogen-bond donors (Lipinski definition) is 1. The second kappa shape index (κ2) is 6.81. The highest BCUT2D eigenvalue weighted by Gasteiger charge is 2.33. The molecule has 2 rings (SSSR count). The molecule has 1 aliphatic rings. The number of rotatable bonds is 3. The summed E-state index contributed by atoms with van der Waals surface area (Å²) in [5.41, 5.74) is 0.462. The van der Waals surface area contributed by atoms with Crippen molar-refractivity contribution in [1.82, 2.24) is 15.2 Å². The molecule has 108 valence electrons. The van der Waals surface area contributed by atoms with Gasteiger partial charge in [0.2, 0.25) is 5.91 Å². The Kier molecular flexibility index (Phi) is 5.08. The number of ether oxygens (including phenoxy) is 1. The summed E-state index contributed by atoms with van der Waals surface area (Å²) in [4.78, 5) is 30.0. The number of carbonyl (C=O) groups is 2. The van der Waals surface area contributed by atoms with Gasteiger partial charge in [-0.05, 0) is 35.0 Å². The summed E-state index contributed by atoms with van der Waals surface area (Å²) >= 11 is 3.23. The van der Waals surface area contributed by atoms with Gasteiger partial charge in [0, 0.05) is 19.3 Å². The lowest BCUT2D eigenvalue weighted by molar-refractivity contribution is -0.130. The van der Waals surface area contributed by atoms with Crippen molar-refractivity contribution >= 4 is 27.7 Å². The quantitative estimate of drug-likeness (QED) is 0.826. The average molecular weight is 342 g/mol. The van der Waals surface area contributed by atoms with Crippen LogP contribution in [0.4, 0.5) is 0 Å². The smallest absolute Gasteiger partial charge is 0.256 e. The Labute approximate surface area is 125 Å². The third-order valence-corrected chi connectivity index (χ3v) is 3.49. The lowest BCUT2D eigenvalue weighted by Gasteiger charge is -2.34. The molecule has 1 aliphatic heterocycles. The van der Waals surface area contributed by atoms with Crippen molar-refractivity contribution in [3.05, 3.63) is 28.5 Å². The highest BCUT2D eigenvalue weighted by atomic mass is 79.9. The molecule has 7 heteroatoms. The van der Waals surface area contributed by atoms with Gasteiger partial charge in [-0.25, -0.2) is 4.98 Å². The van der Waals surface area contributed by atoms with E-state index in [4.69, 9.17) is 4.74 Å². The van der Waals surface area contributed by atoms with E-state index in [1.165, 1.54) is 6.20 Å². The first-order chi connectivity index (χ1) is 9.63. The summed E-state index contributed by atoms with van der Waals surface area (Å²) in [6.07, 6.45) is 1.50. The molecule has 0 aliphatic carbocycles. The van der Waals surface area contributed by atoms with Gasteiger partial charge in [0.1, 0.15) is 10.6 Å². The molecule has 1 aromatic heterocycles. The lowest BCUT2D eigenvalue weighted by atomic mass is 10.1. The maximum absolute atomic E-state index is 12.5. The van der Waals surface area contributed by atoms with Gasteiger partial charge in [0.05, 0.1) is 18.8 Å². The van der Waals surface area contributed by atoms with Crippen LogP contribution in [0.2, 0.25) is 0 Å². The topological polar surface area (TPSA) is 71.5 Å². The maximum atomic E-state index is 12.5. The van der Waals surface area contributed by atoms with E-state index in [9.17, 15) is 9.59 Å². The number of nitrogens with one attached hydrogen (secondary N) is 1. The molecule has 1 aromatic rings. The zero-order chi connectivity index (χ0) is 14.5. The van der Waals surface area contributed by atoms with E-state index < -0.39 is 6.04 Å². The predicted octanol–water partition coefficient (Wildman–Crippen LogP) is 0.821. The second-order valence-electron chi connectivity index (χ2n) is 4.35. The van der Waals surface area contributed by atoms with Gasteiger partial charge in [-0.15, -0.1) is 0 Å². The Morgan fingerprint density at radius 1 is 1.55 bits per heavy atom. The lowest BCUT2D eigenvalue weighted by Crippen LogP contribution is -2.55. The summed E-state index contributed by atoms with van der Waals surface area (Å²) in [6, 6.07) is 2.80. The fourth-order valence-electron chi connectivity index (χ4n) is 2.02. The van der Waals surface area contributed by atoms with Crippen LogP contribution in [-0.2, 0) is 9.53 Å². The minimum atomic E-state index is -0.583. The molecule has 20 heavy (non-hydrogen) atoms. The molecule has 0 saturated carbocycles. The van der Waals surface area contributed by atoms with Crippen LogP contribution in [-0.4, -0.2) is 54.0 Å². The molecule has 0 spiro atoms. The van der Waals surface area contributed by atoms with Crippen molar-refractivity contribution in [2.24, 2.45) is 0 Å². The number of aromatic nitrogens is 1. The predicted molar refractivity (Wildman–Crippen MR) is 76.3 cm³/mol. The SMILES string of the molecule is CCNC(=O)C1COCCN1C(=O)c1ccc(Br)nc1. The molecule has 0 bridgehead atoms. The first kappa shape index (κ1) is 14.9. The molecule has 0 aromatic carbocycles. The van der Waals surface area contributed by atoms with E-state index >= 15 is 0 Å². The summed E-state index contributed by atoms with van der Waals surface area (Å²) in [6.45, 7) is 3.42. The number of nitrogens with zero attached hydrogens (tertiary/aromatic N) is 2. The first-order valence-corrected chi connectivity index (χ1v) is 7.20. The van der Waals surface area contributed by atoms with Crippen LogP contribution in [0, 0.1) is 0 Å². The van der Waals surface area contributed by atoms with Gasteiger partial charge in [0.15, 0.2) is 0 Å². The number of morpholine rings is 1. The van der Waals surface area contributed by atoms with Crippen molar-refractivity contribution in [3.63, 3.8) is 0 Å². The van der Waals surface area contributed by atoms with Crippen LogP contribution < -0.4 is 5.32 Å². The van der Waals surface area contributed by atoms with E-state index in [0.717, 1.165) is 0 Å². The van der Waals surface area contributed by atoms with E-state index in [1.54, 1.807) is 17.0 Å². The number of halogens is 1. The molecule has 1 N–H and O–H groups in total. The Bertz CT molecular complexity index is 492. The number of pyridine rings is 1. The Hall–Kier alpha value is -1.47. The number of amides is 2. The largest absolute Gasteiger partial charge is 0.377 e. The zero-order valence-corrected chi connectivity index (χ0v) is 12.7. The third-order valence-electron chi connectivity index (χ3n) is 3.02. The Balaban J connectivity index is 2.16. The fraction of sp³-hybridized carbons (Fsp3) is 0.462. The number of likely N-dealkylation sites (N-methyl/N-ethyl adjacent to an activating group) is 1. The van der Waals surface area contributed by atoms with Gasteiger partial charge in [0.25, 0.3) is 5.91 Å². The third kappa shape index (κ3) is 3.34. The van der Waals surface area contributed by atoms with Gasteiger partial charge in [-0.2, -0.15) is 0 Å². The monoisotopic (exact) mass is 341 g/mol. The van der Waals surface area contributed by atoms with Crippen molar-refractivity contribution in [2.75, 3.05) is 26.3 Å². The van der Waals surface area contributed by atoms with E-state index in [2.05, 4.69) is 26.2 Å². The molecule has 1 fully saturated rings. The summed E-state index contributed by atoms with van der Waals surface area (Å²) in [5.74, 6) is -0.393. The second-order valence-corrected chi connectivity index (χ2v) is 5.17. The minimum absolute atomic E-state index is 0.189. The van der Waals surface area contributed by atoms with Crippen molar-refractivity contribution in [2.45, 2.75) is 13.0 Å². The van der Waals surface area contributed by atoms with Crippen molar-refractivity contribution in [3.8, 4) is 0 Å². The fourth-order valence-corrected chi connectivity index (χ4v) is 2.26. The molecular formula is C13H16BrN3O3. The molecule has 2 amide bonds. The van der Waals surface area contributed by atoms with E-state index in [0.29, 0.717) is 29.9 Å². The van der Waals surface area contributed by atoms with Crippen LogP contribution in [0.5, 0.6) is 0 Å². The van der Waals surface area contributed by atoms with Gasteiger partial charge >= 0.3 is 0 Å². The first-order valence-electron chi connectivity index (χ1n) is 6.41. The van der Waals surface area contributed by atoms with Gasteiger partial charge < -0.3 is 15.0 Å². The minimum Gasteiger partial charge on any atom is -0.377 e. The highest BCUT2D eigenvalue weighted by Crippen LogP contribution is 2.14. The maximum Gasteiger partial charge on any atom is 0.256 e. The molecule has 1 unspecified atom stereocenters. The van der Waals surface area contributed by atoms with Crippen LogP contribution in [0.1, 0.15) is 17.3 Å². The molecule has 1 atom stereocenters. The highest BCUT2D eigenvalue weighted by molar-refractivity contribution is 9.10. The Morgan fingerprint density at radius 2 is 2.35 bits per heavy atom. The molecule has 1 saturated heterocycles. The van der Waals surface area contributed by atoms with Crippen LogP contribution in [0.25, 0.3) is 0 Å². The standard InChI is InChI=1S/C13H16BrN3O3/c1-2-15-12(18)10-8-20-6-5-17(10)13(19)9-3-4-11(14)16-7-9/h3-4,7,10H,2,5-6,8H2,1H3,(H,15,18). The molecule has 6 nitrogen and oxygen atoms in total. The van der Waals surface area contributed by atoms with Gasteiger partial charge in [-0.1, -0.05) is 0 Å². The number of carbonyl (C=O) groups excluding carboxylic acids is 2. The summed E-state index contributed by atoms with van der Waals surface area (Å²) in [7, 11) is 0. The van der Waals surface area contributed by atoms with Gasteiger partial charge in [-0.3, -0.25) is 9.59 Å². The van der Waals surface area contributed by atoms with Crippen molar-refractivity contribution < 1.29 is 14.3 Å². The van der Waals surface area contributed by atoms with Crippen molar-refractivity contribution in [1.29, 1.82) is 0 Å². The molecule has 0 radical (unpaired) electrons. The number of hydrogen-bond acceptors (Lipinski definition) is 4. The van der Waals surface area contributed by atoms with E-state index in [-0.39, 0.29) is 18.4 Å². The molecule has 2 heterocycles. The zero-order valence-electron chi connectivity index (χ0n) is 11.1. The Morgan fingerprint density at radius 3 is 3.00 bits per heavy atom. The van der Waals surface area contributed by atoms with E-state index in [1.807, 2.05) is 6.92 Å². The van der Waals surface area contributed by atoms with Crippen LogP contribution >= 0.6 is 15.9 Å². The average Bonchev–Trinajstić information content (AvgIpc) is 2.47. The molecular weight excluding hydrogens is 326 g/mol. The van der Waals surface area contributed by atoms with Crippen LogP contribution in [0.15, 0.2) is 22.9 Å².